The fraction of sp³-hybridized carbons (Fsp3) is 0.188. The van der Waals surface area contributed by atoms with Gasteiger partial charge in [-0.2, -0.15) is 0 Å². The molecule has 0 aliphatic carbocycles. The Morgan fingerprint density at radius 3 is 2.41 bits per heavy atom. The van der Waals surface area contributed by atoms with Crippen molar-refractivity contribution in [1.82, 2.24) is 4.98 Å². The molecule has 0 spiro atoms. The lowest BCUT2D eigenvalue weighted by molar-refractivity contribution is -0.152. The number of hydrogen-bond donors (Lipinski definition) is 1. The van der Waals surface area contributed by atoms with E-state index in [1.54, 1.807) is 55.8 Å². The lowest BCUT2D eigenvalue weighted by atomic mass is 10.1. The minimum absolute atomic E-state index is 0.387. The van der Waals surface area contributed by atoms with Gasteiger partial charge in [0.2, 0.25) is 6.10 Å². The summed E-state index contributed by atoms with van der Waals surface area (Å²) in [5.41, 5.74) is 0.546. The maximum atomic E-state index is 12.3. The van der Waals surface area contributed by atoms with Gasteiger partial charge in [0, 0.05) is 18.7 Å². The highest BCUT2D eigenvalue weighted by atomic mass is 16.5. The van der Waals surface area contributed by atoms with Crippen LogP contribution in [-0.4, -0.2) is 24.0 Å². The molecule has 1 aromatic carbocycles. The number of benzene rings is 1. The first-order valence-corrected chi connectivity index (χ1v) is 6.63. The summed E-state index contributed by atoms with van der Waals surface area (Å²) in [5, 5.41) is 2.62. The lowest BCUT2D eigenvalue weighted by Gasteiger charge is -2.17. The van der Waals surface area contributed by atoms with Crippen LogP contribution >= 0.6 is 0 Å². The quantitative estimate of drug-likeness (QED) is 0.858. The number of amides is 1. The van der Waals surface area contributed by atoms with E-state index in [0.29, 0.717) is 17.1 Å². The maximum Gasteiger partial charge on any atom is 0.303 e. The fourth-order valence-electron chi connectivity index (χ4n) is 1.85. The van der Waals surface area contributed by atoms with Gasteiger partial charge in [-0.3, -0.25) is 9.59 Å². The Kier molecular flexibility index (Phi) is 5.08. The number of pyridine rings is 1. The average molecular weight is 300 g/mol. The van der Waals surface area contributed by atoms with E-state index in [1.807, 2.05) is 0 Å². The normalized spacial score (nSPS) is 11.4. The number of esters is 1. The van der Waals surface area contributed by atoms with Crippen LogP contribution in [0.2, 0.25) is 0 Å². The standard InChI is InChI=1S/C16H16N2O4/c1-11(19)22-15(12-6-8-13(21-2)9-7-12)16(20)18-14-5-3-4-10-17-14/h3-10,15H,1-2H3,(H,17,18,20). The molecule has 2 aromatic rings. The van der Waals surface area contributed by atoms with Gasteiger partial charge in [-0.25, -0.2) is 4.98 Å². The van der Waals surface area contributed by atoms with Crippen molar-refractivity contribution in [3.8, 4) is 5.75 Å². The first-order valence-electron chi connectivity index (χ1n) is 6.63. The molecule has 0 aliphatic heterocycles. The van der Waals surface area contributed by atoms with Crippen LogP contribution in [0.5, 0.6) is 5.75 Å². The smallest absolute Gasteiger partial charge is 0.303 e. The number of anilines is 1. The molecule has 0 saturated heterocycles. The fourth-order valence-corrected chi connectivity index (χ4v) is 1.85. The first-order chi connectivity index (χ1) is 10.6. The van der Waals surface area contributed by atoms with Crippen LogP contribution in [0.3, 0.4) is 0 Å². The number of ether oxygens (including phenoxy) is 2. The van der Waals surface area contributed by atoms with E-state index < -0.39 is 18.0 Å². The Bertz CT molecular complexity index is 641. The van der Waals surface area contributed by atoms with E-state index in [0.717, 1.165) is 0 Å². The predicted molar refractivity (Wildman–Crippen MR) is 80.4 cm³/mol. The monoisotopic (exact) mass is 300 g/mol. The van der Waals surface area contributed by atoms with Crippen LogP contribution in [0.25, 0.3) is 0 Å². The van der Waals surface area contributed by atoms with Crippen LogP contribution in [0.4, 0.5) is 5.82 Å². The van der Waals surface area contributed by atoms with E-state index in [4.69, 9.17) is 9.47 Å². The summed E-state index contributed by atoms with van der Waals surface area (Å²) in [6.45, 7) is 1.25. The molecule has 0 fully saturated rings. The highest BCUT2D eigenvalue weighted by Crippen LogP contribution is 2.22. The van der Waals surface area contributed by atoms with E-state index >= 15 is 0 Å². The number of carbonyl (C=O) groups excluding carboxylic acids is 2. The molecule has 0 bridgehead atoms. The highest BCUT2D eigenvalue weighted by Gasteiger charge is 2.24. The van der Waals surface area contributed by atoms with Crippen LogP contribution in [0.1, 0.15) is 18.6 Å². The van der Waals surface area contributed by atoms with Crippen LogP contribution in [0, 0.1) is 0 Å². The number of aromatic nitrogens is 1. The number of nitrogens with zero attached hydrogens (tertiary/aromatic N) is 1. The molecule has 0 aliphatic rings. The molecule has 22 heavy (non-hydrogen) atoms. The van der Waals surface area contributed by atoms with Crippen molar-refractivity contribution in [2.45, 2.75) is 13.0 Å². The molecule has 2 rings (SSSR count). The topological polar surface area (TPSA) is 77.5 Å². The molecular weight excluding hydrogens is 284 g/mol. The van der Waals surface area contributed by atoms with Crippen molar-refractivity contribution in [2.24, 2.45) is 0 Å². The SMILES string of the molecule is COc1ccc(C(OC(C)=O)C(=O)Nc2ccccn2)cc1. The molecular formula is C16H16N2O4. The number of hydrogen-bond acceptors (Lipinski definition) is 5. The second-order valence-electron chi connectivity index (χ2n) is 4.47. The van der Waals surface area contributed by atoms with Crippen molar-refractivity contribution in [3.05, 3.63) is 54.2 Å². The van der Waals surface area contributed by atoms with Crippen LogP contribution < -0.4 is 10.1 Å². The minimum atomic E-state index is -1.05. The van der Waals surface area contributed by atoms with Gasteiger partial charge in [-0.05, 0) is 24.3 Å². The van der Waals surface area contributed by atoms with Crippen molar-refractivity contribution in [2.75, 3.05) is 12.4 Å². The Morgan fingerprint density at radius 2 is 1.86 bits per heavy atom. The molecule has 6 heteroatoms. The minimum Gasteiger partial charge on any atom is -0.497 e. The van der Waals surface area contributed by atoms with Gasteiger partial charge in [0.1, 0.15) is 11.6 Å². The molecule has 1 N–H and O–H groups in total. The molecule has 6 nitrogen and oxygen atoms in total. The Labute approximate surface area is 128 Å². The zero-order valence-corrected chi connectivity index (χ0v) is 12.3. The number of nitrogens with one attached hydrogen (secondary N) is 1. The van der Waals surface area contributed by atoms with Gasteiger partial charge in [0.05, 0.1) is 7.11 Å². The summed E-state index contributed by atoms with van der Waals surface area (Å²) in [6.07, 6.45) is 0.509. The Morgan fingerprint density at radius 1 is 1.14 bits per heavy atom. The lowest BCUT2D eigenvalue weighted by Crippen LogP contribution is -2.25. The van der Waals surface area contributed by atoms with Gasteiger partial charge in [-0.15, -0.1) is 0 Å². The zero-order valence-electron chi connectivity index (χ0n) is 12.3. The number of rotatable bonds is 5. The van der Waals surface area contributed by atoms with Crippen LogP contribution in [0.15, 0.2) is 48.7 Å². The van der Waals surface area contributed by atoms with E-state index in [1.165, 1.54) is 6.92 Å². The molecule has 0 radical (unpaired) electrons. The van der Waals surface area contributed by atoms with Crippen molar-refractivity contribution in [3.63, 3.8) is 0 Å². The summed E-state index contributed by atoms with van der Waals surface area (Å²) in [6, 6.07) is 11.9. The highest BCUT2D eigenvalue weighted by molar-refractivity contribution is 5.95. The average Bonchev–Trinajstić information content (AvgIpc) is 2.53. The van der Waals surface area contributed by atoms with Crippen molar-refractivity contribution in [1.29, 1.82) is 0 Å². The number of carbonyl (C=O) groups is 2. The second-order valence-corrected chi connectivity index (χ2v) is 4.47. The van der Waals surface area contributed by atoms with Crippen molar-refractivity contribution < 1.29 is 19.1 Å². The second kappa shape index (κ2) is 7.21. The summed E-state index contributed by atoms with van der Waals surface area (Å²) >= 11 is 0. The number of methoxy groups -OCH3 is 1. The summed E-state index contributed by atoms with van der Waals surface area (Å²) in [5.74, 6) is 0.0182. The molecule has 1 unspecified atom stereocenters. The summed E-state index contributed by atoms with van der Waals surface area (Å²) in [4.78, 5) is 27.6. The van der Waals surface area contributed by atoms with Gasteiger partial charge in [0.15, 0.2) is 0 Å². The predicted octanol–water partition coefficient (Wildman–Crippen LogP) is 2.33. The molecule has 0 saturated carbocycles. The third kappa shape index (κ3) is 4.05. The summed E-state index contributed by atoms with van der Waals surface area (Å²) < 4.78 is 10.2. The third-order valence-electron chi connectivity index (χ3n) is 2.86. The first kappa shape index (κ1) is 15.5. The Balaban J connectivity index is 2.20. The largest absolute Gasteiger partial charge is 0.497 e. The van der Waals surface area contributed by atoms with Gasteiger partial charge < -0.3 is 14.8 Å². The van der Waals surface area contributed by atoms with Crippen molar-refractivity contribution >= 4 is 17.7 Å². The molecule has 1 amide bonds. The molecule has 1 atom stereocenters. The maximum absolute atomic E-state index is 12.3. The third-order valence-corrected chi connectivity index (χ3v) is 2.86. The van der Waals surface area contributed by atoms with Crippen LogP contribution in [-0.2, 0) is 14.3 Å². The van der Waals surface area contributed by atoms with E-state index in [2.05, 4.69) is 10.3 Å². The van der Waals surface area contributed by atoms with Gasteiger partial charge in [-0.1, -0.05) is 18.2 Å². The zero-order chi connectivity index (χ0) is 15.9. The molecule has 114 valence electrons. The van der Waals surface area contributed by atoms with Gasteiger partial charge in [0.25, 0.3) is 5.91 Å². The van der Waals surface area contributed by atoms with Gasteiger partial charge >= 0.3 is 5.97 Å². The molecule has 1 aromatic heterocycles. The Hall–Kier alpha value is -2.89. The summed E-state index contributed by atoms with van der Waals surface area (Å²) in [7, 11) is 1.55. The molecule has 1 heterocycles. The van der Waals surface area contributed by atoms with E-state index in [-0.39, 0.29) is 0 Å². The van der Waals surface area contributed by atoms with E-state index in [9.17, 15) is 9.59 Å².